The number of hydrogen-bond acceptors (Lipinski definition) is 2. The van der Waals surface area contributed by atoms with E-state index < -0.39 is 0 Å². The number of esters is 1. The van der Waals surface area contributed by atoms with Crippen LogP contribution in [0.25, 0.3) is 0 Å². The van der Waals surface area contributed by atoms with Crippen LogP contribution in [0.2, 0.25) is 0 Å². The van der Waals surface area contributed by atoms with E-state index in [-0.39, 0.29) is 11.4 Å². The number of rotatable bonds is 3. The molecule has 0 N–H and O–H groups in total. The quantitative estimate of drug-likeness (QED) is 0.539. The normalized spacial score (nSPS) is 24.0. The van der Waals surface area contributed by atoms with Crippen LogP contribution in [-0.2, 0) is 9.53 Å². The molecule has 2 heteroatoms. The summed E-state index contributed by atoms with van der Waals surface area (Å²) in [6.45, 7) is 8.34. The zero-order valence-electron chi connectivity index (χ0n) is 10.6. The van der Waals surface area contributed by atoms with Crippen LogP contribution in [0, 0.1) is 17.3 Å². The molecule has 2 nitrogen and oxygen atoms in total. The predicted octanol–water partition coefficient (Wildman–Crippen LogP) is 3.08. The minimum atomic E-state index is -0.116. The van der Waals surface area contributed by atoms with Gasteiger partial charge in [-0.25, -0.2) is 0 Å². The van der Waals surface area contributed by atoms with E-state index in [1.165, 1.54) is 5.57 Å². The van der Waals surface area contributed by atoms with Gasteiger partial charge in [0.2, 0.25) is 0 Å². The van der Waals surface area contributed by atoms with Crippen molar-refractivity contribution in [2.24, 2.45) is 5.41 Å². The minimum absolute atomic E-state index is 0.112. The molecule has 0 spiro atoms. The standard InChI is InChI=1S/C14H20O2/c1-5-7-12-11(3)8-9-14(12,4)10-13(15)16-6-2/h6,8-10H2,1-4H3. The lowest BCUT2D eigenvalue weighted by Gasteiger charge is -2.24. The number of hydrogen-bond donors (Lipinski definition) is 0. The zero-order chi connectivity index (χ0) is 12.2. The van der Waals surface area contributed by atoms with Gasteiger partial charge in [0.25, 0.3) is 0 Å². The Morgan fingerprint density at radius 2 is 2.25 bits per heavy atom. The maximum absolute atomic E-state index is 11.6. The van der Waals surface area contributed by atoms with Gasteiger partial charge >= 0.3 is 5.97 Å². The van der Waals surface area contributed by atoms with Gasteiger partial charge in [-0.1, -0.05) is 18.4 Å². The van der Waals surface area contributed by atoms with E-state index in [9.17, 15) is 4.79 Å². The van der Waals surface area contributed by atoms with Crippen molar-refractivity contribution in [3.8, 4) is 11.8 Å². The highest BCUT2D eigenvalue weighted by atomic mass is 16.5. The fraction of sp³-hybridized carbons (Fsp3) is 0.643. The van der Waals surface area contributed by atoms with Crippen LogP contribution in [0.4, 0.5) is 0 Å². The molecule has 0 saturated carbocycles. The monoisotopic (exact) mass is 220 g/mol. The van der Waals surface area contributed by atoms with Gasteiger partial charge < -0.3 is 4.74 Å². The average molecular weight is 220 g/mol. The SMILES string of the molecule is CC#CC1=C(C)CCC1(C)CC(=O)OCC. The summed E-state index contributed by atoms with van der Waals surface area (Å²) in [5, 5.41) is 0. The Balaban J connectivity index is 2.84. The Labute approximate surface area is 98.1 Å². The third kappa shape index (κ3) is 2.66. The van der Waals surface area contributed by atoms with Crippen LogP contribution in [0.3, 0.4) is 0 Å². The molecular formula is C14H20O2. The van der Waals surface area contributed by atoms with Gasteiger partial charge in [-0.15, -0.1) is 5.92 Å². The topological polar surface area (TPSA) is 26.3 Å². The van der Waals surface area contributed by atoms with E-state index in [0.717, 1.165) is 18.4 Å². The maximum atomic E-state index is 11.6. The lowest BCUT2D eigenvalue weighted by molar-refractivity contribution is -0.145. The van der Waals surface area contributed by atoms with Crippen LogP contribution in [-0.4, -0.2) is 12.6 Å². The first kappa shape index (κ1) is 12.8. The molecule has 0 bridgehead atoms. The van der Waals surface area contributed by atoms with Gasteiger partial charge in [0, 0.05) is 11.0 Å². The highest BCUT2D eigenvalue weighted by Crippen LogP contribution is 2.45. The number of ether oxygens (including phenoxy) is 1. The molecule has 0 radical (unpaired) electrons. The van der Waals surface area contributed by atoms with Gasteiger partial charge in [-0.05, 0) is 33.6 Å². The van der Waals surface area contributed by atoms with Gasteiger partial charge in [0.1, 0.15) is 0 Å². The molecular weight excluding hydrogens is 200 g/mol. The molecule has 0 aromatic carbocycles. The van der Waals surface area contributed by atoms with Crippen LogP contribution in [0.1, 0.15) is 47.0 Å². The molecule has 0 aliphatic heterocycles. The van der Waals surface area contributed by atoms with Crippen molar-refractivity contribution in [3.63, 3.8) is 0 Å². The van der Waals surface area contributed by atoms with Crippen LogP contribution >= 0.6 is 0 Å². The molecule has 16 heavy (non-hydrogen) atoms. The molecule has 0 fully saturated rings. The second kappa shape index (κ2) is 5.21. The summed E-state index contributed by atoms with van der Waals surface area (Å²) in [6.07, 6.45) is 2.49. The molecule has 0 heterocycles. The van der Waals surface area contributed by atoms with Crippen molar-refractivity contribution in [3.05, 3.63) is 11.1 Å². The molecule has 1 atom stereocenters. The van der Waals surface area contributed by atoms with Crippen molar-refractivity contribution in [1.82, 2.24) is 0 Å². The molecule has 1 rings (SSSR count). The summed E-state index contributed by atoms with van der Waals surface area (Å²) in [7, 11) is 0. The Morgan fingerprint density at radius 3 is 2.81 bits per heavy atom. The summed E-state index contributed by atoms with van der Waals surface area (Å²) >= 11 is 0. The Kier molecular flexibility index (Phi) is 4.18. The largest absolute Gasteiger partial charge is 0.466 e. The van der Waals surface area contributed by atoms with Gasteiger partial charge in [-0.3, -0.25) is 4.79 Å². The molecule has 1 aliphatic carbocycles. The highest BCUT2D eigenvalue weighted by molar-refractivity contribution is 5.71. The molecule has 0 aromatic rings. The summed E-state index contributed by atoms with van der Waals surface area (Å²) in [6, 6.07) is 0. The fourth-order valence-electron chi connectivity index (χ4n) is 2.32. The first-order valence-corrected chi connectivity index (χ1v) is 5.82. The molecule has 1 unspecified atom stereocenters. The Bertz CT molecular complexity index is 368. The number of carbonyl (C=O) groups is 1. The van der Waals surface area contributed by atoms with E-state index in [1.807, 2.05) is 13.8 Å². The Hall–Kier alpha value is -1.23. The van der Waals surface area contributed by atoms with Gasteiger partial charge in [0.15, 0.2) is 0 Å². The van der Waals surface area contributed by atoms with Crippen molar-refractivity contribution in [1.29, 1.82) is 0 Å². The van der Waals surface area contributed by atoms with E-state index in [1.54, 1.807) is 0 Å². The summed E-state index contributed by atoms with van der Waals surface area (Å²) < 4.78 is 5.02. The molecule has 0 saturated heterocycles. The van der Waals surface area contributed by atoms with Crippen LogP contribution < -0.4 is 0 Å². The number of allylic oxidation sites excluding steroid dienone is 2. The lowest BCUT2D eigenvalue weighted by atomic mass is 9.80. The van der Waals surface area contributed by atoms with Crippen LogP contribution in [0.15, 0.2) is 11.1 Å². The van der Waals surface area contributed by atoms with Crippen LogP contribution in [0.5, 0.6) is 0 Å². The first-order valence-electron chi connectivity index (χ1n) is 5.82. The minimum Gasteiger partial charge on any atom is -0.466 e. The van der Waals surface area contributed by atoms with Crippen molar-refractivity contribution in [2.75, 3.05) is 6.61 Å². The fourth-order valence-corrected chi connectivity index (χ4v) is 2.32. The lowest BCUT2D eigenvalue weighted by Crippen LogP contribution is -2.21. The second-order valence-electron chi connectivity index (χ2n) is 4.57. The molecule has 0 aromatic heterocycles. The van der Waals surface area contributed by atoms with Gasteiger partial charge in [0.05, 0.1) is 13.0 Å². The second-order valence-corrected chi connectivity index (χ2v) is 4.57. The summed E-state index contributed by atoms with van der Waals surface area (Å²) in [5.41, 5.74) is 2.35. The van der Waals surface area contributed by atoms with E-state index in [2.05, 4.69) is 25.7 Å². The summed E-state index contributed by atoms with van der Waals surface area (Å²) in [5.74, 6) is 5.98. The number of carbonyl (C=O) groups excluding carboxylic acids is 1. The highest BCUT2D eigenvalue weighted by Gasteiger charge is 2.36. The molecule has 1 aliphatic rings. The average Bonchev–Trinajstić information content (AvgIpc) is 2.47. The maximum Gasteiger partial charge on any atom is 0.306 e. The zero-order valence-corrected chi connectivity index (χ0v) is 10.6. The third-order valence-corrected chi connectivity index (χ3v) is 3.17. The van der Waals surface area contributed by atoms with Crippen molar-refractivity contribution >= 4 is 5.97 Å². The predicted molar refractivity (Wildman–Crippen MR) is 64.7 cm³/mol. The van der Waals surface area contributed by atoms with Gasteiger partial charge in [-0.2, -0.15) is 0 Å². The summed E-state index contributed by atoms with van der Waals surface area (Å²) in [4.78, 5) is 11.6. The smallest absolute Gasteiger partial charge is 0.306 e. The van der Waals surface area contributed by atoms with E-state index in [4.69, 9.17) is 4.74 Å². The van der Waals surface area contributed by atoms with E-state index >= 15 is 0 Å². The van der Waals surface area contributed by atoms with Crippen molar-refractivity contribution in [2.45, 2.75) is 47.0 Å². The first-order chi connectivity index (χ1) is 7.53. The molecule has 0 amide bonds. The Morgan fingerprint density at radius 1 is 1.56 bits per heavy atom. The third-order valence-electron chi connectivity index (χ3n) is 3.17. The van der Waals surface area contributed by atoms with E-state index in [0.29, 0.717) is 13.0 Å². The van der Waals surface area contributed by atoms with Crippen molar-refractivity contribution < 1.29 is 9.53 Å². The molecule has 88 valence electrons.